The molecule has 0 spiro atoms. The molecule has 0 fully saturated rings. The number of nitrogens with two attached hydrogens (primary N) is 1. The minimum Gasteiger partial charge on any atom is -0.466 e. The van der Waals surface area contributed by atoms with Gasteiger partial charge < -0.3 is 10.5 Å². The molecule has 0 aliphatic heterocycles. The van der Waals surface area contributed by atoms with Crippen LogP contribution in [0.15, 0.2) is 54.6 Å². The summed E-state index contributed by atoms with van der Waals surface area (Å²) >= 11 is 0. The largest absolute Gasteiger partial charge is 0.466 e. The normalized spacial score (nSPS) is 11.9. The van der Waals surface area contributed by atoms with E-state index in [9.17, 15) is 4.79 Å². The summed E-state index contributed by atoms with van der Waals surface area (Å²) in [6.45, 7) is 2.18. The Labute approximate surface area is 119 Å². The van der Waals surface area contributed by atoms with E-state index < -0.39 is 0 Å². The zero-order chi connectivity index (χ0) is 14.4. The molecule has 3 heteroatoms. The average molecular weight is 269 g/mol. The van der Waals surface area contributed by atoms with Crippen LogP contribution in [0.25, 0.3) is 11.1 Å². The fraction of sp³-hybridized carbons (Fsp3) is 0.235. The summed E-state index contributed by atoms with van der Waals surface area (Å²) < 4.78 is 4.93. The molecule has 0 aliphatic carbocycles. The number of esters is 1. The van der Waals surface area contributed by atoms with Gasteiger partial charge in [-0.15, -0.1) is 0 Å². The zero-order valence-electron chi connectivity index (χ0n) is 11.6. The van der Waals surface area contributed by atoms with E-state index in [1.165, 1.54) is 0 Å². The number of rotatable bonds is 5. The monoisotopic (exact) mass is 269 g/mol. The first-order chi connectivity index (χ1) is 9.70. The molecule has 0 amide bonds. The lowest BCUT2D eigenvalue weighted by atomic mass is 9.98. The van der Waals surface area contributed by atoms with Crippen molar-refractivity contribution < 1.29 is 9.53 Å². The molecule has 2 N–H and O–H groups in total. The van der Waals surface area contributed by atoms with E-state index in [4.69, 9.17) is 10.5 Å². The summed E-state index contributed by atoms with van der Waals surface area (Å²) in [7, 11) is 0. The predicted octanol–water partition coefficient (Wildman–Crippen LogP) is 3.31. The zero-order valence-corrected chi connectivity index (χ0v) is 11.6. The van der Waals surface area contributed by atoms with Gasteiger partial charge in [-0.2, -0.15) is 0 Å². The highest BCUT2D eigenvalue weighted by Gasteiger charge is 2.13. The summed E-state index contributed by atoms with van der Waals surface area (Å²) in [5.41, 5.74) is 9.25. The molecule has 20 heavy (non-hydrogen) atoms. The molecular weight excluding hydrogens is 250 g/mol. The van der Waals surface area contributed by atoms with E-state index in [-0.39, 0.29) is 18.4 Å². The minimum atomic E-state index is -0.335. The Morgan fingerprint density at radius 3 is 2.50 bits per heavy atom. The molecule has 2 aromatic rings. The van der Waals surface area contributed by atoms with Gasteiger partial charge in [0.2, 0.25) is 0 Å². The number of ether oxygens (including phenoxy) is 1. The maximum absolute atomic E-state index is 11.5. The molecule has 0 radical (unpaired) electrons. The van der Waals surface area contributed by atoms with E-state index in [0.717, 1.165) is 16.7 Å². The van der Waals surface area contributed by atoms with Crippen LogP contribution in [0.4, 0.5) is 0 Å². The van der Waals surface area contributed by atoms with Crippen LogP contribution in [0, 0.1) is 0 Å². The van der Waals surface area contributed by atoms with Crippen LogP contribution in [0.3, 0.4) is 0 Å². The van der Waals surface area contributed by atoms with Crippen molar-refractivity contribution in [3.05, 3.63) is 60.2 Å². The second-order valence-corrected chi connectivity index (χ2v) is 4.61. The highest BCUT2D eigenvalue weighted by Crippen LogP contribution is 2.23. The predicted molar refractivity (Wildman–Crippen MR) is 80.1 cm³/mol. The Morgan fingerprint density at radius 2 is 1.80 bits per heavy atom. The highest BCUT2D eigenvalue weighted by atomic mass is 16.5. The van der Waals surface area contributed by atoms with Crippen LogP contribution in [0.5, 0.6) is 0 Å². The van der Waals surface area contributed by atoms with Gasteiger partial charge in [-0.1, -0.05) is 48.5 Å². The van der Waals surface area contributed by atoms with Crippen LogP contribution in [-0.4, -0.2) is 12.6 Å². The molecule has 1 atom stereocenters. The Morgan fingerprint density at radius 1 is 1.10 bits per heavy atom. The van der Waals surface area contributed by atoms with Gasteiger partial charge in [0.15, 0.2) is 0 Å². The number of carbonyl (C=O) groups is 1. The van der Waals surface area contributed by atoms with Crippen LogP contribution in [-0.2, 0) is 9.53 Å². The van der Waals surface area contributed by atoms with E-state index in [2.05, 4.69) is 12.1 Å². The summed E-state index contributed by atoms with van der Waals surface area (Å²) in [5, 5.41) is 0. The first kappa shape index (κ1) is 14.3. The second-order valence-electron chi connectivity index (χ2n) is 4.61. The smallest absolute Gasteiger partial charge is 0.307 e. The summed E-state index contributed by atoms with van der Waals surface area (Å²) in [6, 6.07) is 17.7. The molecule has 0 aromatic heterocycles. The summed E-state index contributed by atoms with van der Waals surface area (Å²) in [4.78, 5) is 11.5. The van der Waals surface area contributed by atoms with Crippen LogP contribution in [0.1, 0.15) is 24.9 Å². The molecule has 0 unspecified atom stereocenters. The molecule has 3 nitrogen and oxygen atoms in total. The molecule has 0 saturated carbocycles. The quantitative estimate of drug-likeness (QED) is 0.847. The molecule has 0 aliphatic rings. The Bertz CT molecular complexity index is 566. The van der Waals surface area contributed by atoms with Crippen molar-refractivity contribution in [2.75, 3.05) is 6.61 Å². The lowest BCUT2D eigenvalue weighted by molar-refractivity contribution is -0.143. The molecule has 0 bridgehead atoms. The molecular formula is C17H19NO2. The lowest BCUT2D eigenvalue weighted by Gasteiger charge is -2.12. The van der Waals surface area contributed by atoms with Crippen molar-refractivity contribution in [2.45, 2.75) is 19.4 Å². The molecule has 2 rings (SSSR count). The Hall–Kier alpha value is -2.13. The second kappa shape index (κ2) is 6.87. The fourth-order valence-electron chi connectivity index (χ4n) is 2.10. The Balaban J connectivity index is 2.15. The van der Waals surface area contributed by atoms with Gasteiger partial charge in [0.05, 0.1) is 13.0 Å². The molecule has 2 aromatic carbocycles. The maximum Gasteiger partial charge on any atom is 0.307 e. The summed E-state index contributed by atoms with van der Waals surface area (Å²) in [6.07, 6.45) is 0.200. The van der Waals surface area contributed by atoms with Crippen molar-refractivity contribution in [3.63, 3.8) is 0 Å². The highest BCUT2D eigenvalue weighted by molar-refractivity contribution is 5.71. The average Bonchev–Trinajstić information content (AvgIpc) is 2.48. The number of benzene rings is 2. The first-order valence-electron chi connectivity index (χ1n) is 6.77. The van der Waals surface area contributed by atoms with E-state index in [1.807, 2.05) is 42.5 Å². The van der Waals surface area contributed by atoms with Crippen molar-refractivity contribution in [2.24, 2.45) is 5.73 Å². The van der Waals surface area contributed by atoms with Crippen LogP contribution < -0.4 is 5.73 Å². The van der Waals surface area contributed by atoms with Gasteiger partial charge >= 0.3 is 5.97 Å². The van der Waals surface area contributed by atoms with Gasteiger partial charge in [0.25, 0.3) is 0 Å². The molecule has 0 heterocycles. The van der Waals surface area contributed by atoms with Gasteiger partial charge in [-0.3, -0.25) is 4.79 Å². The van der Waals surface area contributed by atoms with E-state index in [0.29, 0.717) is 6.61 Å². The third kappa shape index (κ3) is 3.68. The van der Waals surface area contributed by atoms with Crippen molar-refractivity contribution in [1.82, 2.24) is 0 Å². The first-order valence-corrected chi connectivity index (χ1v) is 6.77. The van der Waals surface area contributed by atoms with Gasteiger partial charge in [-0.25, -0.2) is 0 Å². The van der Waals surface area contributed by atoms with Crippen molar-refractivity contribution in [1.29, 1.82) is 0 Å². The molecule has 104 valence electrons. The third-order valence-electron chi connectivity index (χ3n) is 3.11. The fourth-order valence-corrected chi connectivity index (χ4v) is 2.10. The standard InChI is InChI=1S/C17H19NO2/c1-2-20-17(19)12-16(18)15-10-6-9-14(11-15)13-7-4-3-5-8-13/h3-11,16H,2,12,18H2,1H3/t16-/m0/s1. The SMILES string of the molecule is CCOC(=O)C[C@H](N)c1cccc(-c2ccccc2)c1. The van der Waals surface area contributed by atoms with E-state index in [1.54, 1.807) is 6.92 Å². The number of hydrogen-bond acceptors (Lipinski definition) is 3. The van der Waals surface area contributed by atoms with Crippen molar-refractivity contribution in [3.8, 4) is 11.1 Å². The number of carbonyl (C=O) groups excluding carboxylic acids is 1. The minimum absolute atomic E-state index is 0.200. The van der Waals surface area contributed by atoms with Gasteiger partial charge in [0.1, 0.15) is 0 Å². The third-order valence-corrected chi connectivity index (χ3v) is 3.11. The van der Waals surface area contributed by atoms with Gasteiger partial charge in [-0.05, 0) is 29.7 Å². The lowest BCUT2D eigenvalue weighted by Crippen LogP contribution is -2.17. The van der Waals surface area contributed by atoms with Gasteiger partial charge in [0, 0.05) is 6.04 Å². The van der Waals surface area contributed by atoms with E-state index >= 15 is 0 Å². The topological polar surface area (TPSA) is 52.3 Å². The summed E-state index contributed by atoms with van der Waals surface area (Å²) in [5.74, 6) is -0.259. The molecule has 0 saturated heterocycles. The Kier molecular flexibility index (Phi) is 4.91. The number of hydrogen-bond donors (Lipinski definition) is 1. The maximum atomic E-state index is 11.5. The van der Waals surface area contributed by atoms with Crippen LogP contribution in [0.2, 0.25) is 0 Å². The van der Waals surface area contributed by atoms with Crippen molar-refractivity contribution >= 4 is 5.97 Å². The van der Waals surface area contributed by atoms with Crippen LogP contribution >= 0.6 is 0 Å².